The van der Waals surface area contributed by atoms with Gasteiger partial charge in [-0.2, -0.15) is 0 Å². The van der Waals surface area contributed by atoms with E-state index in [-0.39, 0.29) is 11.5 Å². The van der Waals surface area contributed by atoms with Gasteiger partial charge in [-0.15, -0.1) is 11.3 Å². The van der Waals surface area contributed by atoms with E-state index in [9.17, 15) is 0 Å². The molecule has 3 unspecified atom stereocenters. The van der Waals surface area contributed by atoms with Gasteiger partial charge in [-0.05, 0) is 104 Å². The van der Waals surface area contributed by atoms with E-state index >= 15 is 0 Å². The molecule has 3 heteroatoms. The Bertz CT molecular complexity index is 2850. The van der Waals surface area contributed by atoms with Crippen LogP contribution in [0.5, 0.6) is 0 Å². The summed E-state index contributed by atoms with van der Waals surface area (Å²) < 4.78 is 2.70. The largest absolute Gasteiger partial charge is 0.340 e. The number of benzene rings is 6. The SMILES string of the molecule is CC1CC(c2ccc3ccccc3c2)=CC(C2=CC(C3(C)C=c4sc5ccccc5c4=CC3)N=C(c3ccccc3)N2)=C1c1ccc2ccccc2c1. The summed E-state index contributed by atoms with van der Waals surface area (Å²) in [5.74, 6) is 1.22. The number of fused-ring (bicyclic) bond motifs is 5. The van der Waals surface area contributed by atoms with Crippen LogP contribution in [0, 0.1) is 11.3 Å². The maximum Gasteiger partial charge on any atom is 0.133 e. The number of hydrogen-bond acceptors (Lipinski definition) is 3. The second-order valence-corrected chi connectivity index (χ2v) is 16.2. The van der Waals surface area contributed by atoms with E-state index in [2.05, 4.69) is 183 Å². The molecule has 3 atom stereocenters. The van der Waals surface area contributed by atoms with Gasteiger partial charge in [0, 0.05) is 31.5 Å². The van der Waals surface area contributed by atoms with Crippen LogP contribution in [0.15, 0.2) is 168 Å². The second-order valence-electron chi connectivity index (χ2n) is 15.2. The summed E-state index contributed by atoms with van der Waals surface area (Å²) in [5.41, 5.74) is 8.60. The van der Waals surface area contributed by atoms with E-state index in [1.807, 2.05) is 11.3 Å². The van der Waals surface area contributed by atoms with Crippen LogP contribution in [0.4, 0.5) is 0 Å². The first kappa shape index (κ1) is 31.9. The van der Waals surface area contributed by atoms with E-state index < -0.39 is 0 Å². The Hall–Kier alpha value is -5.77. The molecule has 2 aliphatic carbocycles. The van der Waals surface area contributed by atoms with Crippen molar-refractivity contribution in [2.24, 2.45) is 16.3 Å². The van der Waals surface area contributed by atoms with Crippen LogP contribution in [0.1, 0.15) is 43.4 Å². The minimum absolute atomic E-state index is 0.0660. The lowest BCUT2D eigenvalue weighted by Gasteiger charge is -2.36. The first-order chi connectivity index (χ1) is 26.0. The molecule has 6 aromatic carbocycles. The van der Waals surface area contributed by atoms with Gasteiger partial charge in [0.05, 0.1) is 6.04 Å². The fourth-order valence-corrected chi connectivity index (χ4v) is 9.98. The monoisotopic (exact) mass is 700 g/mol. The fourth-order valence-electron chi connectivity index (χ4n) is 8.68. The highest BCUT2D eigenvalue weighted by molar-refractivity contribution is 7.17. The number of hydrogen-bond donors (Lipinski definition) is 1. The average Bonchev–Trinajstić information content (AvgIpc) is 3.57. The molecule has 0 saturated carbocycles. The molecule has 53 heavy (non-hydrogen) atoms. The Labute approximate surface area is 314 Å². The summed E-state index contributed by atoms with van der Waals surface area (Å²) in [5, 5.41) is 11.7. The van der Waals surface area contributed by atoms with Crippen molar-refractivity contribution in [1.29, 1.82) is 0 Å². The summed E-state index contributed by atoms with van der Waals surface area (Å²) in [6, 6.07) is 50.7. The molecule has 2 nitrogen and oxygen atoms in total. The molecule has 10 rings (SSSR count). The van der Waals surface area contributed by atoms with Crippen molar-refractivity contribution in [1.82, 2.24) is 5.32 Å². The van der Waals surface area contributed by atoms with E-state index in [0.717, 1.165) is 29.9 Å². The van der Waals surface area contributed by atoms with Crippen molar-refractivity contribution >= 4 is 72.1 Å². The van der Waals surface area contributed by atoms with Gasteiger partial charge in [0.1, 0.15) is 5.84 Å². The number of thiophene rings is 1. The minimum Gasteiger partial charge on any atom is -0.340 e. The lowest BCUT2D eigenvalue weighted by Crippen LogP contribution is -2.41. The third kappa shape index (κ3) is 5.68. The van der Waals surface area contributed by atoms with E-state index in [1.165, 1.54) is 69.2 Å². The van der Waals surface area contributed by atoms with Gasteiger partial charge in [0.25, 0.3) is 0 Å². The van der Waals surface area contributed by atoms with Gasteiger partial charge in [0.2, 0.25) is 0 Å². The Kier molecular flexibility index (Phi) is 7.66. The number of aliphatic imine (C=N–C) groups is 1. The molecule has 0 bridgehead atoms. The number of rotatable bonds is 5. The number of amidine groups is 1. The van der Waals surface area contributed by atoms with Crippen molar-refractivity contribution in [3.05, 3.63) is 189 Å². The van der Waals surface area contributed by atoms with Crippen molar-refractivity contribution in [3.8, 4) is 0 Å². The third-order valence-electron chi connectivity index (χ3n) is 11.5. The molecule has 0 spiro atoms. The van der Waals surface area contributed by atoms with E-state index in [1.54, 1.807) is 0 Å². The maximum absolute atomic E-state index is 5.53. The molecule has 1 aliphatic heterocycles. The Balaban J connectivity index is 1.18. The molecule has 0 amide bonds. The van der Waals surface area contributed by atoms with Crippen LogP contribution >= 0.6 is 11.3 Å². The smallest absolute Gasteiger partial charge is 0.133 e. The molecule has 0 radical (unpaired) electrons. The first-order valence-electron chi connectivity index (χ1n) is 18.8. The highest BCUT2D eigenvalue weighted by Gasteiger charge is 2.36. The summed E-state index contributed by atoms with van der Waals surface area (Å²) >= 11 is 1.90. The number of nitrogens with one attached hydrogen (secondary N) is 1. The predicted molar refractivity (Wildman–Crippen MR) is 227 cm³/mol. The predicted octanol–water partition coefficient (Wildman–Crippen LogP) is 11.1. The van der Waals surface area contributed by atoms with Crippen molar-refractivity contribution in [2.45, 2.75) is 32.7 Å². The highest BCUT2D eigenvalue weighted by atomic mass is 32.1. The minimum atomic E-state index is -0.198. The second kappa shape index (κ2) is 12.7. The van der Waals surface area contributed by atoms with Crippen LogP contribution in [0.3, 0.4) is 0 Å². The topological polar surface area (TPSA) is 24.4 Å². The molecule has 0 fully saturated rings. The van der Waals surface area contributed by atoms with Gasteiger partial charge in [0.15, 0.2) is 0 Å². The van der Waals surface area contributed by atoms with Crippen LogP contribution in [0.25, 0.3) is 54.9 Å². The lowest BCUT2D eigenvalue weighted by atomic mass is 9.74. The summed E-state index contributed by atoms with van der Waals surface area (Å²) in [6.07, 6.45) is 11.8. The Morgan fingerprint density at radius 1 is 0.698 bits per heavy atom. The van der Waals surface area contributed by atoms with Crippen molar-refractivity contribution < 1.29 is 0 Å². The summed E-state index contributed by atoms with van der Waals surface area (Å²) in [6.45, 7) is 4.80. The zero-order chi connectivity index (χ0) is 35.5. The molecule has 0 saturated heterocycles. The molecule has 256 valence electrons. The molecule has 1 aromatic heterocycles. The standard InChI is InChI=1S/C50H40N2S/c1-32-26-40(38-22-20-33-12-6-8-16-36(33)27-38)29-43(48(32)39-23-21-34-13-7-9-17-37(34)28-39)44-30-47(52-49(51-44)35-14-4-3-5-15-35)50(2)25-24-42-41-18-10-11-19-45(41)53-46(42)31-50/h3-24,27-32,47H,25-26H2,1-2H3,(H,51,52). The van der Waals surface area contributed by atoms with Crippen molar-refractivity contribution in [2.75, 3.05) is 0 Å². The van der Waals surface area contributed by atoms with Crippen LogP contribution in [-0.4, -0.2) is 11.9 Å². The Morgan fingerprint density at radius 3 is 2.13 bits per heavy atom. The van der Waals surface area contributed by atoms with E-state index in [4.69, 9.17) is 4.99 Å². The quantitative estimate of drug-likeness (QED) is 0.190. The zero-order valence-electron chi connectivity index (χ0n) is 30.0. The van der Waals surface area contributed by atoms with Crippen LogP contribution in [0.2, 0.25) is 0 Å². The lowest BCUT2D eigenvalue weighted by molar-refractivity contribution is 0.418. The van der Waals surface area contributed by atoms with Gasteiger partial charge < -0.3 is 5.32 Å². The number of nitrogens with zero attached hydrogens (tertiary/aromatic N) is 1. The number of allylic oxidation sites excluding steroid dienone is 3. The molecular weight excluding hydrogens is 661 g/mol. The van der Waals surface area contributed by atoms with Crippen LogP contribution < -0.4 is 15.1 Å². The molecular formula is C50H40N2S. The summed E-state index contributed by atoms with van der Waals surface area (Å²) in [7, 11) is 0. The molecule has 2 heterocycles. The highest BCUT2D eigenvalue weighted by Crippen LogP contribution is 2.44. The van der Waals surface area contributed by atoms with Gasteiger partial charge >= 0.3 is 0 Å². The van der Waals surface area contributed by atoms with Gasteiger partial charge in [-0.25, -0.2) is 0 Å². The van der Waals surface area contributed by atoms with E-state index in [0.29, 0.717) is 5.92 Å². The average molecular weight is 701 g/mol. The van der Waals surface area contributed by atoms with Crippen LogP contribution in [-0.2, 0) is 0 Å². The fraction of sp³-hybridized carbons (Fsp3) is 0.140. The van der Waals surface area contributed by atoms with Gasteiger partial charge in [-0.3, -0.25) is 4.99 Å². The van der Waals surface area contributed by atoms with Crippen molar-refractivity contribution in [3.63, 3.8) is 0 Å². The first-order valence-corrected chi connectivity index (χ1v) is 19.6. The Morgan fingerprint density at radius 2 is 1.36 bits per heavy atom. The molecule has 1 N–H and O–H groups in total. The molecule has 7 aromatic rings. The molecule has 3 aliphatic rings. The maximum atomic E-state index is 5.53. The van der Waals surface area contributed by atoms with Gasteiger partial charge in [-0.1, -0.05) is 147 Å². The normalized spacial score (nSPS) is 21.3. The summed E-state index contributed by atoms with van der Waals surface area (Å²) in [4.78, 5) is 5.53. The zero-order valence-corrected chi connectivity index (χ0v) is 30.8. The third-order valence-corrected chi connectivity index (χ3v) is 12.7.